The molecule has 0 aliphatic heterocycles. The van der Waals surface area contributed by atoms with Crippen molar-refractivity contribution in [3.8, 4) is 0 Å². The van der Waals surface area contributed by atoms with Crippen molar-refractivity contribution in [3.05, 3.63) is 36.9 Å². The molecule has 0 saturated heterocycles. The molecule has 0 amide bonds. The third-order valence-electron chi connectivity index (χ3n) is 3.40. The smallest absolute Gasteiger partial charge is 0.115 e. The lowest BCUT2D eigenvalue weighted by Crippen LogP contribution is -2.24. The normalized spacial score (nSPS) is 17.4. The zero-order chi connectivity index (χ0) is 14.3. The minimum Gasteiger partial charge on any atom is -0.301 e. The van der Waals surface area contributed by atoms with Crippen molar-refractivity contribution in [1.82, 2.24) is 10.3 Å². The van der Waals surface area contributed by atoms with E-state index in [0.717, 1.165) is 0 Å². The fourth-order valence-electron chi connectivity index (χ4n) is 2.01. The van der Waals surface area contributed by atoms with Crippen molar-refractivity contribution in [3.63, 3.8) is 0 Å². The van der Waals surface area contributed by atoms with Crippen LogP contribution in [0.4, 0.5) is 0 Å². The average Bonchev–Trinajstić information content (AvgIpc) is 2.88. The number of halogens is 1. The molecule has 1 aliphatic rings. The van der Waals surface area contributed by atoms with Gasteiger partial charge in [-0.3, -0.25) is 0 Å². The summed E-state index contributed by atoms with van der Waals surface area (Å²) in [5, 5.41) is 7.14. The Morgan fingerprint density at radius 2 is 2.10 bits per heavy atom. The molecule has 2 nitrogen and oxygen atoms in total. The lowest BCUT2D eigenvalue weighted by molar-refractivity contribution is 0.559. The monoisotopic (exact) mass is 370 g/mol. The summed E-state index contributed by atoms with van der Waals surface area (Å²) >= 11 is 7.14. The molecule has 0 bridgehead atoms. The van der Waals surface area contributed by atoms with E-state index in [1.807, 2.05) is 0 Å². The van der Waals surface area contributed by atoms with E-state index in [4.69, 9.17) is 4.98 Å². The highest BCUT2D eigenvalue weighted by atomic mass is 79.9. The van der Waals surface area contributed by atoms with Gasteiger partial charge in [-0.25, -0.2) is 4.98 Å². The van der Waals surface area contributed by atoms with Crippen molar-refractivity contribution in [2.24, 2.45) is 0 Å². The number of hydrogen-bond donors (Lipinski definition) is 1. The van der Waals surface area contributed by atoms with Crippen LogP contribution in [0.3, 0.4) is 0 Å². The summed E-state index contributed by atoms with van der Waals surface area (Å²) in [5.74, 6) is 0. The minimum absolute atomic E-state index is 0.120. The van der Waals surface area contributed by atoms with E-state index >= 15 is 0 Å². The number of hydrogen-bond acceptors (Lipinski definition) is 4. The minimum atomic E-state index is 0.120. The van der Waals surface area contributed by atoms with Gasteiger partial charge in [0.2, 0.25) is 0 Å². The van der Waals surface area contributed by atoms with Gasteiger partial charge < -0.3 is 5.32 Å². The Balaban J connectivity index is 1.90. The van der Waals surface area contributed by atoms with Crippen LogP contribution in [-0.2, 0) is 5.41 Å². The van der Waals surface area contributed by atoms with E-state index in [1.165, 1.54) is 32.2 Å². The molecule has 2 aromatic heterocycles. The van der Waals surface area contributed by atoms with Crippen molar-refractivity contribution in [1.29, 1.82) is 0 Å². The van der Waals surface area contributed by atoms with Crippen LogP contribution in [0.15, 0.2) is 21.3 Å². The Morgan fingerprint density at radius 3 is 2.60 bits per heavy atom. The molecule has 1 atom stereocenters. The van der Waals surface area contributed by atoms with Gasteiger partial charge in [-0.2, -0.15) is 0 Å². The van der Waals surface area contributed by atoms with Crippen molar-refractivity contribution in [2.45, 2.75) is 51.1 Å². The zero-order valence-electron chi connectivity index (χ0n) is 11.9. The van der Waals surface area contributed by atoms with Gasteiger partial charge in [-0.1, -0.05) is 20.8 Å². The molecule has 2 heterocycles. The molecule has 3 rings (SSSR count). The molecule has 0 spiro atoms. The molecule has 1 fully saturated rings. The van der Waals surface area contributed by atoms with E-state index in [-0.39, 0.29) is 11.5 Å². The van der Waals surface area contributed by atoms with Crippen LogP contribution in [0.1, 0.15) is 55.2 Å². The van der Waals surface area contributed by atoms with E-state index in [9.17, 15) is 0 Å². The lowest BCUT2D eigenvalue weighted by atomic mass is 9.93. The van der Waals surface area contributed by atoms with Gasteiger partial charge in [0.15, 0.2) is 0 Å². The SMILES string of the molecule is CC(C)(C)c1csc(C(NC2CC2)c2ccc(Br)s2)n1. The highest BCUT2D eigenvalue weighted by Gasteiger charge is 2.29. The van der Waals surface area contributed by atoms with Gasteiger partial charge in [-0.15, -0.1) is 22.7 Å². The predicted molar refractivity (Wildman–Crippen MR) is 90.8 cm³/mol. The van der Waals surface area contributed by atoms with Crippen molar-refractivity contribution < 1.29 is 0 Å². The quantitative estimate of drug-likeness (QED) is 0.808. The van der Waals surface area contributed by atoms with E-state index < -0.39 is 0 Å². The standard InChI is InChI=1S/C15H19BrN2S2/c1-15(2,3)11-8-19-14(18-11)13(17-9-4-5-9)10-6-7-12(16)20-10/h6-9,13,17H,4-5H2,1-3H3. The van der Waals surface area contributed by atoms with Gasteiger partial charge in [0.25, 0.3) is 0 Å². The molecular formula is C15H19BrN2S2. The van der Waals surface area contributed by atoms with Crippen LogP contribution in [0.5, 0.6) is 0 Å². The number of aromatic nitrogens is 1. The molecule has 1 aliphatic carbocycles. The zero-order valence-corrected chi connectivity index (χ0v) is 15.2. The van der Waals surface area contributed by atoms with Gasteiger partial charge in [0, 0.05) is 21.7 Å². The number of nitrogens with zero attached hydrogens (tertiary/aromatic N) is 1. The first-order chi connectivity index (χ1) is 9.43. The molecule has 20 heavy (non-hydrogen) atoms. The predicted octanol–water partition coefficient (Wildman–Crippen LogP) is 5.11. The number of nitrogens with one attached hydrogen (secondary N) is 1. The third kappa shape index (κ3) is 3.32. The number of thiazole rings is 1. The highest BCUT2D eigenvalue weighted by Crippen LogP contribution is 2.36. The maximum absolute atomic E-state index is 4.90. The Labute approximate surface area is 136 Å². The van der Waals surface area contributed by atoms with Crippen molar-refractivity contribution >= 4 is 38.6 Å². The second-order valence-electron chi connectivity index (χ2n) is 6.34. The van der Waals surface area contributed by atoms with Crippen molar-refractivity contribution in [2.75, 3.05) is 0 Å². The largest absolute Gasteiger partial charge is 0.301 e. The van der Waals surface area contributed by atoms with Crippen LogP contribution < -0.4 is 5.32 Å². The summed E-state index contributed by atoms with van der Waals surface area (Å²) in [6.07, 6.45) is 2.58. The Bertz CT molecular complexity index is 593. The number of rotatable bonds is 4. The van der Waals surface area contributed by atoms with Crippen LogP contribution in [0.2, 0.25) is 0 Å². The summed E-state index contributed by atoms with van der Waals surface area (Å²) in [7, 11) is 0. The first-order valence-electron chi connectivity index (χ1n) is 6.90. The Kier molecular flexibility index (Phi) is 4.06. The highest BCUT2D eigenvalue weighted by molar-refractivity contribution is 9.11. The van der Waals surface area contributed by atoms with Gasteiger partial charge in [0.05, 0.1) is 15.5 Å². The fourth-order valence-corrected chi connectivity index (χ4v) is 4.69. The molecule has 5 heteroatoms. The first kappa shape index (κ1) is 14.7. The first-order valence-corrected chi connectivity index (χ1v) is 9.39. The van der Waals surface area contributed by atoms with Crippen LogP contribution >= 0.6 is 38.6 Å². The van der Waals surface area contributed by atoms with Crippen LogP contribution in [0.25, 0.3) is 0 Å². The summed E-state index contributed by atoms with van der Waals surface area (Å²) < 4.78 is 1.18. The molecule has 0 aromatic carbocycles. The molecule has 2 aromatic rings. The topological polar surface area (TPSA) is 24.9 Å². The Hall–Kier alpha value is -0.230. The molecule has 1 unspecified atom stereocenters. The second kappa shape index (κ2) is 5.52. The number of thiophene rings is 1. The Morgan fingerprint density at radius 1 is 1.35 bits per heavy atom. The molecule has 1 N–H and O–H groups in total. The molecule has 108 valence electrons. The summed E-state index contributed by atoms with van der Waals surface area (Å²) in [4.78, 5) is 6.24. The summed E-state index contributed by atoms with van der Waals surface area (Å²) in [6, 6.07) is 5.25. The van der Waals surface area contributed by atoms with Gasteiger partial charge >= 0.3 is 0 Å². The molecular weight excluding hydrogens is 352 g/mol. The van der Waals surface area contributed by atoms with Gasteiger partial charge in [0.1, 0.15) is 5.01 Å². The lowest BCUT2D eigenvalue weighted by Gasteiger charge is -2.16. The molecule has 1 saturated carbocycles. The average molecular weight is 371 g/mol. The fraction of sp³-hybridized carbons (Fsp3) is 0.533. The van der Waals surface area contributed by atoms with Gasteiger partial charge in [-0.05, 0) is 40.9 Å². The maximum atomic E-state index is 4.90. The van der Waals surface area contributed by atoms with Crippen LogP contribution in [0, 0.1) is 0 Å². The van der Waals surface area contributed by atoms with E-state index in [0.29, 0.717) is 6.04 Å². The van der Waals surface area contributed by atoms with Crippen LogP contribution in [-0.4, -0.2) is 11.0 Å². The van der Waals surface area contributed by atoms with E-state index in [1.54, 1.807) is 22.7 Å². The van der Waals surface area contributed by atoms with E-state index in [2.05, 4.69) is 59.5 Å². The second-order valence-corrected chi connectivity index (χ2v) is 9.72. The maximum Gasteiger partial charge on any atom is 0.115 e. The molecule has 0 radical (unpaired) electrons. The summed E-state index contributed by atoms with van der Waals surface area (Å²) in [5.41, 5.74) is 1.31. The summed E-state index contributed by atoms with van der Waals surface area (Å²) in [6.45, 7) is 6.66. The third-order valence-corrected chi connectivity index (χ3v) is 5.99.